The zero-order valence-corrected chi connectivity index (χ0v) is 28.5. The third kappa shape index (κ3) is 5.58. The molecule has 1 heterocycles. The second kappa shape index (κ2) is 14.0. The number of halogens is 1. The number of allylic oxidation sites excluding steroid dienone is 1. The Morgan fingerprint density at radius 2 is 1.56 bits per heavy atom. The van der Waals surface area contributed by atoms with Crippen LogP contribution in [-0.2, 0) is 14.3 Å². The van der Waals surface area contributed by atoms with Gasteiger partial charge in [-0.15, -0.1) is 0 Å². The van der Waals surface area contributed by atoms with E-state index in [4.69, 9.17) is 4.74 Å². The van der Waals surface area contributed by atoms with Crippen LogP contribution in [0.1, 0.15) is 120 Å². The Hall–Kier alpha value is -0.690. The number of aliphatic hydroxyl groups excluding tert-OH is 1. The Bertz CT molecular complexity index is 906. The van der Waals surface area contributed by atoms with Crippen molar-refractivity contribution in [1.82, 2.24) is 0 Å². The zero-order valence-electron chi connectivity index (χ0n) is 26.4. The zero-order chi connectivity index (χ0) is 29.6. The maximum Gasteiger partial charge on any atom is 0.331 e. The molecule has 7 unspecified atom stereocenters. The molecule has 1 N–H and O–H groups in total. The third-order valence-electron chi connectivity index (χ3n) is 10.6. The molecule has 39 heavy (non-hydrogen) atoms. The van der Waals surface area contributed by atoms with Crippen molar-refractivity contribution in [1.29, 1.82) is 0 Å². The molecule has 0 aromatic heterocycles. The summed E-state index contributed by atoms with van der Waals surface area (Å²) in [6.07, 6.45) is 16.8. The lowest BCUT2D eigenvalue weighted by molar-refractivity contribution is -0.200. The van der Waals surface area contributed by atoms with Crippen molar-refractivity contribution in [2.24, 2.45) is 39.9 Å². The average Bonchev–Trinajstić information content (AvgIpc) is 3.92. The molecule has 0 aromatic carbocycles. The number of fused-ring (bicyclic) bond motifs is 9. The summed E-state index contributed by atoms with van der Waals surface area (Å²) in [5.41, 5.74) is 0.678. The molecule has 5 heteroatoms. The SMILES string of the molecule is C1CC1.CC.CC.CC.CC12CCC(=O)C=C1CCC1(C)C2CCC2(CO)C1C1CC1[C@@]21C=CC(=O)O1.CI. The van der Waals surface area contributed by atoms with Crippen LogP contribution in [0, 0.1) is 39.9 Å². The van der Waals surface area contributed by atoms with Crippen molar-refractivity contribution in [3.8, 4) is 0 Å². The first kappa shape index (κ1) is 34.5. The molecular weight excluding hydrogens is 599 g/mol. The van der Waals surface area contributed by atoms with Crippen LogP contribution >= 0.6 is 22.6 Å². The molecular formula is C34H57IO4. The van der Waals surface area contributed by atoms with Gasteiger partial charge in [-0.2, -0.15) is 0 Å². The number of alkyl halides is 1. The number of aliphatic hydroxyl groups is 1. The lowest BCUT2D eigenvalue weighted by Crippen LogP contribution is -2.63. The topological polar surface area (TPSA) is 63.6 Å². The number of hydrogen-bond donors (Lipinski definition) is 1. The number of carbonyl (C=O) groups is 2. The highest BCUT2D eigenvalue weighted by molar-refractivity contribution is 14.1. The molecule has 0 bridgehead atoms. The molecule has 7 aliphatic rings. The summed E-state index contributed by atoms with van der Waals surface area (Å²) in [6.45, 7) is 17.0. The first-order valence-electron chi connectivity index (χ1n) is 16.0. The first-order chi connectivity index (χ1) is 18.8. The standard InChI is InChI=1S/C24H30O4.C3H6.3C2H6.CH3I/c1-21-8-4-15(26)11-14(21)3-7-22(2)18(21)5-9-23(13-25)20(22)16-12-17(16)24(23)10-6-19(27)28-24;1-2-3-1;4*1-2/h6,10-11,16-18,20,25H,3-5,7-9,12-13H2,1-2H3;1-3H2;3*1-2H3;1H3/t16?,17?,18?,20?,21?,22?,23?,24-;;;;;/m0...../s1. The van der Waals surface area contributed by atoms with Crippen molar-refractivity contribution in [3.05, 3.63) is 23.8 Å². The van der Waals surface area contributed by atoms with E-state index in [0.29, 0.717) is 35.9 Å². The summed E-state index contributed by atoms with van der Waals surface area (Å²) in [6, 6.07) is 0. The van der Waals surface area contributed by atoms with E-state index in [2.05, 4.69) is 36.4 Å². The Morgan fingerprint density at radius 3 is 2.08 bits per heavy atom. The molecule has 224 valence electrons. The van der Waals surface area contributed by atoms with E-state index < -0.39 is 5.60 Å². The smallest absolute Gasteiger partial charge is 0.331 e. The monoisotopic (exact) mass is 656 g/mol. The van der Waals surface area contributed by atoms with Gasteiger partial charge >= 0.3 is 5.97 Å². The van der Waals surface area contributed by atoms with Crippen molar-refractivity contribution in [3.63, 3.8) is 0 Å². The molecule has 5 fully saturated rings. The number of hydrogen-bond acceptors (Lipinski definition) is 4. The highest BCUT2D eigenvalue weighted by Crippen LogP contribution is 2.81. The molecule has 0 radical (unpaired) electrons. The van der Waals surface area contributed by atoms with Gasteiger partial charge in [0.1, 0.15) is 5.60 Å². The molecule has 1 spiro atoms. The van der Waals surface area contributed by atoms with E-state index in [0.717, 1.165) is 38.5 Å². The molecule has 1 aliphatic heterocycles. The van der Waals surface area contributed by atoms with Crippen LogP contribution in [-0.4, -0.2) is 34.0 Å². The molecule has 6 aliphatic carbocycles. The van der Waals surface area contributed by atoms with Crippen LogP contribution in [0.2, 0.25) is 0 Å². The van der Waals surface area contributed by atoms with E-state index in [1.54, 1.807) is 6.08 Å². The van der Waals surface area contributed by atoms with Gasteiger partial charge in [-0.05, 0) is 84.2 Å². The van der Waals surface area contributed by atoms with E-state index in [1.165, 1.54) is 24.8 Å². The molecule has 4 nitrogen and oxygen atoms in total. The van der Waals surface area contributed by atoms with Gasteiger partial charge in [0.15, 0.2) is 5.78 Å². The van der Waals surface area contributed by atoms with Crippen molar-refractivity contribution >= 4 is 34.3 Å². The van der Waals surface area contributed by atoms with Gasteiger partial charge in [-0.3, -0.25) is 4.79 Å². The molecule has 0 aromatic rings. The fraction of sp³-hybridized carbons (Fsp3) is 0.824. The van der Waals surface area contributed by atoms with Crippen molar-refractivity contribution in [2.75, 3.05) is 11.5 Å². The Balaban J connectivity index is 0.000000426. The van der Waals surface area contributed by atoms with Gasteiger partial charge in [-0.1, -0.05) is 103 Å². The predicted molar refractivity (Wildman–Crippen MR) is 171 cm³/mol. The Labute approximate surface area is 253 Å². The summed E-state index contributed by atoms with van der Waals surface area (Å²) in [5.74, 6) is 1.91. The largest absolute Gasteiger partial charge is 0.451 e. The number of ether oxygens (including phenoxy) is 1. The number of rotatable bonds is 1. The minimum atomic E-state index is -0.582. The van der Waals surface area contributed by atoms with Gasteiger partial charge in [0.2, 0.25) is 0 Å². The minimum Gasteiger partial charge on any atom is -0.451 e. The molecule has 5 saturated carbocycles. The number of ketones is 1. The summed E-state index contributed by atoms with van der Waals surface area (Å²) >= 11 is 2.15. The maximum absolute atomic E-state index is 12.1. The predicted octanol–water partition coefficient (Wildman–Crippen LogP) is 8.89. The van der Waals surface area contributed by atoms with Crippen LogP contribution in [0.5, 0.6) is 0 Å². The van der Waals surface area contributed by atoms with Gasteiger partial charge in [0, 0.05) is 23.8 Å². The highest BCUT2D eigenvalue weighted by atomic mass is 127. The first-order valence-corrected chi connectivity index (χ1v) is 18.1. The van der Waals surface area contributed by atoms with E-state index in [9.17, 15) is 14.7 Å². The summed E-state index contributed by atoms with van der Waals surface area (Å²) < 4.78 is 6.03. The molecule has 0 amide bonds. The molecule has 8 atom stereocenters. The van der Waals surface area contributed by atoms with E-state index >= 15 is 0 Å². The fourth-order valence-electron chi connectivity index (χ4n) is 9.22. The normalized spacial score (nSPS) is 42.6. The van der Waals surface area contributed by atoms with Crippen molar-refractivity contribution < 1.29 is 19.4 Å². The lowest BCUT2D eigenvalue weighted by Gasteiger charge is -2.65. The Morgan fingerprint density at radius 1 is 0.949 bits per heavy atom. The van der Waals surface area contributed by atoms with Crippen LogP contribution in [0.25, 0.3) is 0 Å². The van der Waals surface area contributed by atoms with E-state index in [1.807, 2.05) is 58.6 Å². The van der Waals surface area contributed by atoms with Crippen LogP contribution in [0.3, 0.4) is 0 Å². The van der Waals surface area contributed by atoms with Crippen LogP contribution in [0.4, 0.5) is 0 Å². The Kier molecular flexibility index (Phi) is 12.4. The van der Waals surface area contributed by atoms with Gasteiger partial charge < -0.3 is 9.84 Å². The van der Waals surface area contributed by atoms with Crippen LogP contribution in [0.15, 0.2) is 23.8 Å². The second-order valence-corrected chi connectivity index (χ2v) is 12.1. The summed E-state index contributed by atoms with van der Waals surface area (Å²) in [7, 11) is 0. The van der Waals surface area contributed by atoms with Gasteiger partial charge in [-0.25, -0.2) is 4.79 Å². The van der Waals surface area contributed by atoms with Crippen molar-refractivity contribution in [2.45, 2.75) is 125 Å². The lowest BCUT2D eigenvalue weighted by atomic mass is 9.39. The third-order valence-corrected chi connectivity index (χ3v) is 10.6. The maximum atomic E-state index is 12.1. The van der Waals surface area contributed by atoms with Gasteiger partial charge in [0.05, 0.1) is 6.61 Å². The fourth-order valence-corrected chi connectivity index (χ4v) is 9.22. The highest BCUT2D eigenvalue weighted by Gasteiger charge is 2.81. The summed E-state index contributed by atoms with van der Waals surface area (Å²) in [5, 5.41) is 10.8. The quantitative estimate of drug-likeness (QED) is 0.174. The van der Waals surface area contributed by atoms with E-state index in [-0.39, 0.29) is 28.8 Å². The summed E-state index contributed by atoms with van der Waals surface area (Å²) in [4.78, 5) is 26.1. The van der Waals surface area contributed by atoms with Crippen LogP contribution < -0.4 is 0 Å². The second-order valence-electron chi connectivity index (χ2n) is 12.1. The minimum absolute atomic E-state index is 0.0997. The van der Waals surface area contributed by atoms with Gasteiger partial charge in [0.25, 0.3) is 0 Å². The average molecular weight is 657 g/mol. The number of esters is 1. The molecule has 0 saturated heterocycles. The number of carbonyl (C=O) groups excluding carboxylic acids is 2. The molecule has 7 rings (SSSR count).